The summed E-state index contributed by atoms with van der Waals surface area (Å²) in [6.45, 7) is 0. The molecule has 2 N–H and O–H groups in total. The molecule has 0 saturated carbocycles. The fraction of sp³-hybridized carbons (Fsp3) is 0.0385. The van der Waals surface area contributed by atoms with E-state index in [1.54, 1.807) is 6.07 Å². The topological polar surface area (TPSA) is 48.1 Å². The van der Waals surface area contributed by atoms with E-state index in [9.17, 15) is 13.2 Å². The van der Waals surface area contributed by atoms with E-state index >= 15 is 0 Å². The van der Waals surface area contributed by atoms with Crippen molar-refractivity contribution in [3.63, 3.8) is 0 Å². The van der Waals surface area contributed by atoms with Gasteiger partial charge in [0.2, 0.25) is 5.88 Å². The molecular weight excluding hydrogens is 413 g/mol. The van der Waals surface area contributed by atoms with Crippen molar-refractivity contribution in [1.29, 1.82) is 0 Å². The number of ether oxygens (including phenoxy) is 1. The molecule has 32 heavy (non-hydrogen) atoms. The van der Waals surface area contributed by atoms with Gasteiger partial charge in [-0.2, -0.15) is 13.2 Å². The second-order valence-corrected chi connectivity index (χ2v) is 7.06. The van der Waals surface area contributed by atoms with Gasteiger partial charge in [-0.05, 0) is 52.2 Å². The molecule has 3 aromatic rings. The van der Waals surface area contributed by atoms with Crippen molar-refractivity contribution in [3.05, 3.63) is 109 Å². The van der Waals surface area contributed by atoms with Gasteiger partial charge in [-0.15, -0.1) is 0 Å². The van der Waals surface area contributed by atoms with Gasteiger partial charge in [0.15, 0.2) is 0 Å². The summed E-state index contributed by atoms with van der Waals surface area (Å²) in [4.78, 5) is 3.88. The van der Waals surface area contributed by atoms with E-state index < -0.39 is 11.7 Å². The third-order valence-corrected chi connectivity index (χ3v) is 4.82. The van der Waals surface area contributed by atoms with Crippen molar-refractivity contribution < 1.29 is 17.9 Å². The molecular formula is C26H19F3N2O. The second kappa shape index (κ2) is 8.98. The average Bonchev–Trinajstić information content (AvgIpc) is 3.17. The minimum absolute atomic E-state index is 0.268. The molecule has 0 spiro atoms. The number of pyridine rings is 1. The van der Waals surface area contributed by atoms with Crippen molar-refractivity contribution in [1.82, 2.24) is 4.98 Å². The molecule has 0 saturated heterocycles. The fourth-order valence-corrected chi connectivity index (χ4v) is 3.25. The molecule has 2 aliphatic rings. The molecule has 0 unspecified atom stereocenters. The summed E-state index contributed by atoms with van der Waals surface area (Å²) < 4.78 is 42.2. The predicted molar refractivity (Wildman–Crippen MR) is 121 cm³/mol. The first kappa shape index (κ1) is 21.2. The Bertz CT molecular complexity index is 1280. The van der Waals surface area contributed by atoms with Crippen LogP contribution in [-0.4, -0.2) is 4.98 Å². The van der Waals surface area contributed by atoms with Crippen LogP contribution >= 0.6 is 0 Å². The van der Waals surface area contributed by atoms with Gasteiger partial charge in [0.1, 0.15) is 5.75 Å². The molecule has 0 amide bonds. The Morgan fingerprint density at radius 2 is 1.41 bits per heavy atom. The van der Waals surface area contributed by atoms with Gasteiger partial charge in [0.25, 0.3) is 0 Å². The number of nitrogens with zero attached hydrogens (tertiary/aromatic N) is 1. The number of aromatic nitrogens is 1. The van der Waals surface area contributed by atoms with Crippen molar-refractivity contribution in [2.75, 3.05) is 5.73 Å². The Morgan fingerprint density at radius 1 is 0.719 bits per heavy atom. The molecule has 160 valence electrons. The molecule has 6 heteroatoms. The van der Waals surface area contributed by atoms with Crippen LogP contribution in [0, 0.1) is 0 Å². The maximum absolute atomic E-state index is 12.3. The van der Waals surface area contributed by atoms with Crippen LogP contribution in [0.5, 0.6) is 11.6 Å². The quantitative estimate of drug-likeness (QED) is 0.316. The number of benzene rings is 2. The van der Waals surface area contributed by atoms with Gasteiger partial charge in [-0.1, -0.05) is 60.7 Å². The van der Waals surface area contributed by atoms with E-state index in [2.05, 4.69) is 65.6 Å². The van der Waals surface area contributed by atoms with Gasteiger partial charge in [-0.25, -0.2) is 4.98 Å². The van der Waals surface area contributed by atoms with E-state index in [4.69, 9.17) is 10.5 Å². The summed E-state index contributed by atoms with van der Waals surface area (Å²) in [6.07, 6.45) is -2.95. The lowest BCUT2D eigenvalue weighted by atomic mass is 10.1. The van der Waals surface area contributed by atoms with Crippen LogP contribution < -0.4 is 10.5 Å². The first-order chi connectivity index (χ1) is 15.4. The summed E-state index contributed by atoms with van der Waals surface area (Å²) >= 11 is 0. The lowest BCUT2D eigenvalue weighted by molar-refractivity contribution is -0.137. The number of hydrogen-bond donors (Lipinski definition) is 1. The Balaban J connectivity index is 0.000000157. The largest absolute Gasteiger partial charge is 0.439 e. The van der Waals surface area contributed by atoms with E-state index in [0.29, 0.717) is 5.69 Å². The zero-order chi connectivity index (χ0) is 22.6. The summed E-state index contributed by atoms with van der Waals surface area (Å²) in [7, 11) is 0. The maximum Gasteiger partial charge on any atom is 0.416 e. The lowest BCUT2D eigenvalue weighted by Gasteiger charge is -2.08. The van der Waals surface area contributed by atoms with E-state index in [-0.39, 0.29) is 11.6 Å². The first-order valence-electron chi connectivity index (χ1n) is 9.83. The number of rotatable bonds is 2. The highest BCUT2D eigenvalue weighted by Gasteiger charge is 2.30. The SMILES string of the molecule is Nc1ccc(Oc2ccc(C(F)(F)F)cc2)nc1.c1cc2cccc3ccccc3c-2c1. The molecule has 0 atom stereocenters. The first-order valence-corrected chi connectivity index (χ1v) is 9.83. The van der Waals surface area contributed by atoms with Crippen LogP contribution in [0.4, 0.5) is 18.9 Å². The molecule has 3 nitrogen and oxygen atoms in total. The molecule has 2 aromatic carbocycles. The minimum atomic E-state index is -4.35. The summed E-state index contributed by atoms with van der Waals surface area (Å²) in [6, 6.07) is 28.9. The minimum Gasteiger partial charge on any atom is -0.439 e. The van der Waals surface area contributed by atoms with Crippen LogP contribution in [0.3, 0.4) is 0 Å². The van der Waals surface area contributed by atoms with Gasteiger partial charge >= 0.3 is 6.18 Å². The Morgan fingerprint density at radius 3 is 2.09 bits per heavy atom. The molecule has 2 aliphatic carbocycles. The number of halogens is 3. The van der Waals surface area contributed by atoms with Crippen LogP contribution in [0.1, 0.15) is 5.56 Å². The molecule has 0 fully saturated rings. The average molecular weight is 432 g/mol. The van der Waals surface area contributed by atoms with Crippen molar-refractivity contribution in [2.24, 2.45) is 0 Å². The summed E-state index contributed by atoms with van der Waals surface area (Å²) in [5.74, 6) is 0.546. The Hall–Kier alpha value is -4.06. The zero-order valence-electron chi connectivity index (χ0n) is 16.9. The van der Waals surface area contributed by atoms with Crippen LogP contribution in [0.2, 0.25) is 0 Å². The molecule has 0 aliphatic heterocycles. The molecule has 0 bridgehead atoms. The third kappa shape index (κ3) is 4.98. The lowest BCUT2D eigenvalue weighted by Crippen LogP contribution is -2.04. The normalized spacial score (nSPS) is 11.1. The van der Waals surface area contributed by atoms with Crippen molar-refractivity contribution in [3.8, 4) is 22.8 Å². The smallest absolute Gasteiger partial charge is 0.416 e. The van der Waals surface area contributed by atoms with Crippen LogP contribution in [0.15, 0.2) is 103 Å². The zero-order valence-corrected chi connectivity index (χ0v) is 16.9. The molecule has 0 radical (unpaired) electrons. The number of alkyl halides is 3. The number of fused-ring (bicyclic) bond motifs is 3. The maximum atomic E-state index is 12.3. The van der Waals surface area contributed by atoms with Crippen molar-refractivity contribution >= 4 is 16.5 Å². The number of anilines is 1. The number of hydrogen-bond acceptors (Lipinski definition) is 3. The highest BCUT2D eigenvalue weighted by atomic mass is 19.4. The fourth-order valence-electron chi connectivity index (χ4n) is 3.25. The molecule has 1 aromatic heterocycles. The van der Waals surface area contributed by atoms with Gasteiger partial charge < -0.3 is 10.5 Å². The van der Waals surface area contributed by atoms with Gasteiger partial charge in [0, 0.05) is 6.07 Å². The van der Waals surface area contributed by atoms with E-state index in [1.165, 1.54) is 46.3 Å². The van der Waals surface area contributed by atoms with Crippen molar-refractivity contribution in [2.45, 2.75) is 6.18 Å². The monoisotopic (exact) mass is 432 g/mol. The molecule has 1 heterocycles. The second-order valence-electron chi connectivity index (χ2n) is 7.06. The number of nitrogen functional groups attached to an aromatic ring is 1. The number of nitrogens with two attached hydrogens (primary N) is 1. The Labute approximate surface area is 183 Å². The predicted octanol–water partition coefficient (Wildman–Crippen LogP) is 7.42. The van der Waals surface area contributed by atoms with Gasteiger partial charge in [0.05, 0.1) is 17.4 Å². The summed E-state index contributed by atoms with van der Waals surface area (Å²) in [5, 5.41) is 2.63. The van der Waals surface area contributed by atoms with E-state index in [1.807, 2.05) is 0 Å². The highest BCUT2D eigenvalue weighted by Crippen LogP contribution is 2.31. The van der Waals surface area contributed by atoms with Gasteiger partial charge in [-0.3, -0.25) is 0 Å². The standard InChI is InChI=1S/C14H10.C12H9F3N2O/c1-2-9-13-11(5-1)6-3-7-12-8-4-10-14(12)13;13-12(14,15)8-1-4-10(5-2-8)18-11-6-3-9(16)7-17-11/h1-10H;1-7H,16H2. The third-order valence-electron chi connectivity index (χ3n) is 4.82. The molecule has 5 rings (SSSR count). The summed E-state index contributed by atoms with van der Waals surface area (Å²) in [5.41, 5.74) is 7.85. The van der Waals surface area contributed by atoms with Crippen LogP contribution in [0.25, 0.3) is 21.9 Å². The highest BCUT2D eigenvalue weighted by molar-refractivity contribution is 5.96. The van der Waals surface area contributed by atoms with Crippen LogP contribution in [-0.2, 0) is 6.18 Å². The van der Waals surface area contributed by atoms with E-state index in [0.717, 1.165) is 12.1 Å². The Kier molecular flexibility index (Phi) is 5.94.